The van der Waals surface area contributed by atoms with Crippen molar-refractivity contribution in [2.75, 3.05) is 17.4 Å². The molecule has 1 aromatic heterocycles. The number of rotatable bonds is 7. The zero-order valence-corrected chi connectivity index (χ0v) is 20.4. The third kappa shape index (κ3) is 4.82. The van der Waals surface area contributed by atoms with Crippen LogP contribution in [0.3, 0.4) is 0 Å². The van der Waals surface area contributed by atoms with E-state index in [2.05, 4.69) is 15.4 Å². The number of anilines is 2. The second-order valence-corrected chi connectivity index (χ2v) is 8.56. The molecule has 2 aromatic carbocycles. The van der Waals surface area contributed by atoms with Crippen LogP contribution >= 0.6 is 0 Å². The average molecular weight is 493 g/mol. The minimum Gasteiger partial charge on any atom is -0.496 e. The molecule has 36 heavy (non-hydrogen) atoms. The Morgan fingerprint density at radius 2 is 1.92 bits per heavy atom. The number of hydrogen-bond donors (Lipinski definition) is 1. The number of ether oxygens (including phenoxy) is 1. The summed E-state index contributed by atoms with van der Waals surface area (Å²) in [6, 6.07) is 14.3. The van der Waals surface area contributed by atoms with E-state index in [4.69, 9.17) is 4.74 Å². The fourth-order valence-corrected chi connectivity index (χ4v) is 4.01. The average Bonchev–Trinajstić information content (AvgIpc) is 3.17. The van der Waals surface area contributed by atoms with Gasteiger partial charge in [0.25, 0.3) is 11.8 Å². The maximum absolute atomic E-state index is 14.1. The van der Waals surface area contributed by atoms with Crippen LogP contribution in [0.15, 0.2) is 65.9 Å². The maximum Gasteiger partial charge on any atom is 0.273 e. The van der Waals surface area contributed by atoms with Crippen LogP contribution in [0.25, 0.3) is 11.3 Å². The molecule has 1 aliphatic rings. The second-order valence-electron chi connectivity index (χ2n) is 8.56. The summed E-state index contributed by atoms with van der Waals surface area (Å²) < 4.78 is 33.7. The topological polar surface area (TPSA) is 83.9 Å². The first kappa shape index (κ1) is 25.0. The standard InChI is InChI=1S/C27H26F2N4O3/c1-5-27(28,29)18-7-6-8-19(14-18)31-25(34)24-17(3)32-33(26(24)35)20-9-10-23(36-4)21(15-20)22-13-16(2)11-12-30-22/h6-15,24H,5H2,1-4H3,(H,31,34). The van der Waals surface area contributed by atoms with E-state index < -0.39 is 23.7 Å². The second kappa shape index (κ2) is 9.85. The van der Waals surface area contributed by atoms with E-state index in [1.807, 2.05) is 19.1 Å². The number of hydrogen-bond acceptors (Lipinski definition) is 5. The van der Waals surface area contributed by atoms with Crippen molar-refractivity contribution in [3.63, 3.8) is 0 Å². The Morgan fingerprint density at radius 1 is 1.14 bits per heavy atom. The Hall–Kier alpha value is -4.14. The van der Waals surface area contributed by atoms with E-state index in [1.54, 1.807) is 38.4 Å². The van der Waals surface area contributed by atoms with Gasteiger partial charge < -0.3 is 10.1 Å². The molecule has 3 aromatic rings. The van der Waals surface area contributed by atoms with Crippen LogP contribution in [-0.4, -0.2) is 29.6 Å². The first-order chi connectivity index (χ1) is 17.1. The van der Waals surface area contributed by atoms with Crippen molar-refractivity contribution in [2.45, 2.75) is 33.1 Å². The highest BCUT2D eigenvalue weighted by Gasteiger charge is 2.40. The predicted molar refractivity (Wildman–Crippen MR) is 134 cm³/mol. The van der Waals surface area contributed by atoms with Gasteiger partial charge in [-0.25, -0.2) is 8.78 Å². The summed E-state index contributed by atoms with van der Waals surface area (Å²) >= 11 is 0. The normalized spacial score (nSPS) is 15.6. The number of nitrogens with zero attached hydrogens (tertiary/aromatic N) is 3. The van der Waals surface area contributed by atoms with Crippen LogP contribution in [0.4, 0.5) is 20.2 Å². The molecule has 2 heterocycles. The Morgan fingerprint density at radius 3 is 2.61 bits per heavy atom. The molecule has 1 aliphatic heterocycles. The summed E-state index contributed by atoms with van der Waals surface area (Å²) in [6.07, 6.45) is 1.32. The smallest absolute Gasteiger partial charge is 0.273 e. The summed E-state index contributed by atoms with van der Waals surface area (Å²) in [5.41, 5.74) is 3.05. The number of methoxy groups -OCH3 is 1. The Balaban J connectivity index is 1.59. The van der Waals surface area contributed by atoms with Crippen LogP contribution in [-0.2, 0) is 15.5 Å². The van der Waals surface area contributed by atoms with Crippen molar-refractivity contribution in [3.05, 3.63) is 71.9 Å². The first-order valence-corrected chi connectivity index (χ1v) is 11.4. The Bertz CT molecular complexity index is 1360. The lowest BCUT2D eigenvalue weighted by molar-refractivity contribution is -0.127. The number of halogens is 2. The number of aryl methyl sites for hydroxylation is 1. The van der Waals surface area contributed by atoms with Crippen molar-refractivity contribution in [3.8, 4) is 17.0 Å². The molecule has 1 N–H and O–H groups in total. The third-order valence-electron chi connectivity index (χ3n) is 6.01. The highest BCUT2D eigenvalue weighted by Crippen LogP contribution is 2.36. The molecule has 0 saturated heterocycles. The molecule has 186 valence electrons. The number of hydrazone groups is 1. The molecule has 0 bridgehead atoms. The van der Waals surface area contributed by atoms with E-state index in [0.29, 0.717) is 28.4 Å². The van der Waals surface area contributed by atoms with Crippen molar-refractivity contribution in [1.29, 1.82) is 0 Å². The molecule has 0 aliphatic carbocycles. The quantitative estimate of drug-likeness (QED) is 0.439. The lowest BCUT2D eigenvalue weighted by Crippen LogP contribution is -2.36. The zero-order chi connectivity index (χ0) is 26.0. The van der Waals surface area contributed by atoms with Gasteiger partial charge in [0.2, 0.25) is 5.91 Å². The van der Waals surface area contributed by atoms with E-state index in [1.165, 1.54) is 36.2 Å². The summed E-state index contributed by atoms with van der Waals surface area (Å²) in [5.74, 6) is -4.83. The van der Waals surface area contributed by atoms with Crippen molar-refractivity contribution >= 4 is 28.9 Å². The van der Waals surface area contributed by atoms with Gasteiger partial charge in [-0.1, -0.05) is 19.1 Å². The first-order valence-electron chi connectivity index (χ1n) is 11.4. The molecule has 1 atom stereocenters. The molecule has 9 heteroatoms. The van der Waals surface area contributed by atoms with Gasteiger partial charge in [-0.05, 0) is 61.9 Å². The van der Waals surface area contributed by atoms with E-state index in [-0.39, 0.29) is 17.7 Å². The summed E-state index contributed by atoms with van der Waals surface area (Å²) in [6.45, 7) is 4.91. The van der Waals surface area contributed by atoms with Crippen LogP contribution in [0.2, 0.25) is 0 Å². The molecule has 0 radical (unpaired) electrons. The number of amides is 2. The van der Waals surface area contributed by atoms with E-state index >= 15 is 0 Å². The van der Waals surface area contributed by atoms with Crippen molar-refractivity contribution < 1.29 is 23.1 Å². The van der Waals surface area contributed by atoms with Crippen molar-refractivity contribution in [1.82, 2.24) is 4.98 Å². The molecule has 7 nitrogen and oxygen atoms in total. The Kier molecular flexibility index (Phi) is 6.83. The van der Waals surface area contributed by atoms with Gasteiger partial charge in [0.05, 0.1) is 24.2 Å². The molecule has 1 unspecified atom stereocenters. The number of alkyl halides is 2. The molecule has 2 amide bonds. The predicted octanol–water partition coefficient (Wildman–Crippen LogP) is 5.54. The van der Waals surface area contributed by atoms with Gasteiger partial charge in [-0.2, -0.15) is 10.1 Å². The van der Waals surface area contributed by atoms with Crippen LogP contribution < -0.4 is 15.1 Å². The Labute approximate surface area is 207 Å². The number of carbonyl (C=O) groups excluding carboxylic acids is 2. The monoisotopic (exact) mass is 492 g/mol. The zero-order valence-electron chi connectivity index (χ0n) is 20.4. The number of benzene rings is 2. The summed E-state index contributed by atoms with van der Waals surface area (Å²) in [5, 5.41) is 8.07. The van der Waals surface area contributed by atoms with Crippen LogP contribution in [0.5, 0.6) is 5.75 Å². The summed E-state index contributed by atoms with van der Waals surface area (Å²) in [4.78, 5) is 30.7. The number of nitrogens with one attached hydrogen (secondary N) is 1. The van der Waals surface area contributed by atoms with Gasteiger partial charge in [-0.3, -0.25) is 14.6 Å². The molecule has 0 spiro atoms. The van der Waals surface area contributed by atoms with Gasteiger partial charge in [0, 0.05) is 29.4 Å². The van der Waals surface area contributed by atoms with E-state index in [9.17, 15) is 18.4 Å². The van der Waals surface area contributed by atoms with Crippen LogP contribution in [0, 0.1) is 12.8 Å². The van der Waals surface area contributed by atoms with Crippen molar-refractivity contribution in [2.24, 2.45) is 11.0 Å². The number of carbonyl (C=O) groups is 2. The largest absolute Gasteiger partial charge is 0.496 e. The molecular formula is C27H26F2N4O3. The fraction of sp³-hybridized carbons (Fsp3) is 0.259. The van der Waals surface area contributed by atoms with Gasteiger partial charge in [0.1, 0.15) is 5.75 Å². The molecule has 0 saturated carbocycles. The minimum atomic E-state index is -3.02. The van der Waals surface area contributed by atoms with Gasteiger partial charge in [-0.15, -0.1) is 0 Å². The SMILES string of the molecule is CCC(F)(F)c1cccc(NC(=O)C2C(=O)N(c3ccc(OC)c(-c4cc(C)ccn4)c3)N=C2C)c1. The maximum atomic E-state index is 14.1. The lowest BCUT2D eigenvalue weighted by atomic mass is 10.0. The highest BCUT2D eigenvalue weighted by molar-refractivity contribution is 6.28. The fourth-order valence-electron chi connectivity index (χ4n) is 4.01. The highest BCUT2D eigenvalue weighted by atomic mass is 19.3. The third-order valence-corrected chi connectivity index (χ3v) is 6.01. The van der Waals surface area contributed by atoms with E-state index in [0.717, 1.165) is 5.56 Å². The molecule has 0 fully saturated rings. The lowest BCUT2D eigenvalue weighted by Gasteiger charge is -2.18. The van der Waals surface area contributed by atoms with Gasteiger partial charge >= 0.3 is 0 Å². The van der Waals surface area contributed by atoms with Gasteiger partial charge in [0.15, 0.2) is 5.92 Å². The number of aromatic nitrogens is 1. The minimum absolute atomic E-state index is 0.182. The molecular weight excluding hydrogens is 466 g/mol. The summed E-state index contributed by atoms with van der Waals surface area (Å²) in [7, 11) is 1.54. The number of pyridine rings is 1. The van der Waals surface area contributed by atoms with Crippen LogP contribution in [0.1, 0.15) is 31.4 Å². The molecule has 4 rings (SSSR count).